The summed E-state index contributed by atoms with van der Waals surface area (Å²) in [6.45, 7) is 1.90. The monoisotopic (exact) mass is 293 g/mol. The van der Waals surface area contributed by atoms with Crippen LogP contribution in [0.1, 0.15) is 25.3 Å². The SMILES string of the molecule is CC(CO)(NC(=O)NCc1cccc([N+](=O)[O-])c1)C1CC1. The van der Waals surface area contributed by atoms with Crippen molar-refractivity contribution in [3.05, 3.63) is 39.9 Å². The topological polar surface area (TPSA) is 104 Å². The van der Waals surface area contributed by atoms with Crippen molar-refractivity contribution in [1.82, 2.24) is 10.6 Å². The van der Waals surface area contributed by atoms with Crippen molar-refractivity contribution in [1.29, 1.82) is 0 Å². The number of urea groups is 1. The zero-order chi connectivity index (χ0) is 15.5. The molecule has 0 spiro atoms. The molecule has 21 heavy (non-hydrogen) atoms. The lowest BCUT2D eigenvalue weighted by Crippen LogP contribution is -2.53. The third kappa shape index (κ3) is 3.91. The van der Waals surface area contributed by atoms with Gasteiger partial charge in [0, 0.05) is 18.7 Å². The van der Waals surface area contributed by atoms with Crippen LogP contribution in [0.3, 0.4) is 0 Å². The van der Waals surface area contributed by atoms with Crippen molar-refractivity contribution >= 4 is 11.7 Å². The van der Waals surface area contributed by atoms with Gasteiger partial charge in [0.15, 0.2) is 0 Å². The second-order valence-corrected chi connectivity index (χ2v) is 5.58. The van der Waals surface area contributed by atoms with E-state index in [9.17, 15) is 20.0 Å². The number of aliphatic hydroxyl groups is 1. The molecule has 0 saturated heterocycles. The highest BCUT2D eigenvalue weighted by molar-refractivity contribution is 5.74. The van der Waals surface area contributed by atoms with Gasteiger partial charge in [-0.05, 0) is 31.2 Å². The molecule has 0 radical (unpaired) electrons. The van der Waals surface area contributed by atoms with Crippen molar-refractivity contribution in [2.75, 3.05) is 6.61 Å². The van der Waals surface area contributed by atoms with Gasteiger partial charge < -0.3 is 15.7 Å². The zero-order valence-electron chi connectivity index (χ0n) is 11.8. The van der Waals surface area contributed by atoms with Crippen molar-refractivity contribution in [3.63, 3.8) is 0 Å². The summed E-state index contributed by atoms with van der Waals surface area (Å²) >= 11 is 0. The first kappa shape index (κ1) is 15.2. The molecule has 1 aliphatic rings. The highest BCUT2D eigenvalue weighted by atomic mass is 16.6. The van der Waals surface area contributed by atoms with Gasteiger partial charge in [0.1, 0.15) is 0 Å². The lowest BCUT2D eigenvalue weighted by molar-refractivity contribution is -0.384. The van der Waals surface area contributed by atoms with E-state index in [-0.39, 0.29) is 24.9 Å². The molecule has 114 valence electrons. The van der Waals surface area contributed by atoms with Crippen LogP contribution in [0, 0.1) is 16.0 Å². The number of nitro groups is 1. The Balaban J connectivity index is 1.89. The third-order valence-electron chi connectivity index (χ3n) is 3.78. The minimum atomic E-state index is -0.604. The molecule has 0 bridgehead atoms. The number of amides is 2. The van der Waals surface area contributed by atoms with Gasteiger partial charge in [-0.1, -0.05) is 12.1 Å². The second kappa shape index (κ2) is 6.09. The van der Waals surface area contributed by atoms with E-state index in [2.05, 4.69) is 10.6 Å². The van der Waals surface area contributed by atoms with Gasteiger partial charge >= 0.3 is 6.03 Å². The number of nitrogens with one attached hydrogen (secondary N) is 2. The fourth-order valence-corrected chi connectivity index (χ4v) is 2.26. The van der Waals surface area contributed by atoms with Crippen LogP contribution in [-0.2, 0) is 6.54 Å². The molecule has 1 fully saturated rings. The normalized spacial score (nSPS) is 16.9. The Bertz CT molecular complexity index is 545. The summed E-state index contributed by atoms with van der Waals surface area (Å²) < 4.78 is 0. The van der Waals surface area contributed by atoms with E-state index in [0.29, 0.717) is 11.5 Å². The van der Waals surface area contributed by atoms with Crippen molar-refractivity contribution in [2.45, 2.75) is 31.8 Å². The van der Waals surface area contributed by atoms with Gasteiger partial charge in [-0.2, -0.15) is 0 Å². The molecule has 7 heteroatoms. The highest BCUT2D eigenvalue weighted by Gasteiger charge is 2.42. The van der Waals surface area contributed by atoms with Crippen LogP contribution in [-0.4, -0.2) is 28.2 Å². The van der Waals surface area contributed by atoms with Gasteiger partial charge in [-0.25, -0.2) is 4.79 Å². The molecular weight excluding hydrogens is 274 g/mol. The summed E-state index contributed by atoms with van der Waals surface area (Å²) in [7, 11) is 0. The first-order chi connectivity index (χ1) is 9.94. The Morgan fingerprint density at radius 2 is 2.24 bits per heavy atom. The molecule has 0 heterocycles. The minimum Gasteiger partial charge on any atom is -0.394 e. The van der Waals surface area contributed by atoms with Crippen LogP contribution < -0.4 is 10.6 Å². The van der Waals surface area contributed by atoms with Crippen LogP contribution in [0.5, 0.6) is 0 Å². The predicted molar refractivity (Wildman–Crippen MR) is 76.7 cm³/mol. The van der Waals surface area contributed by atoms with Crippen LogP contribution in [0.15, 0.2) is 24.3 Å². The Kier molecular flexibility index (Phi) is 4.42. The Morgan fingerprint density at radius 1 is 1.52 bits per heavy atom. The molecule has 3 N–H and O–H groups in total. The molecule has 1 aromatic carbocycles. The number of benzene rings is 1. The second-order valence-electron chi connectivity index (χ2n) is 5.58. The van der Waals surface area contributed by atoms with E-state index in [1.165, 1.54) is 12.1 Å². The Labute approximate surface area is 122 Å². The Morgan fingerprint density at radius 3 is 2.81 bits per heavy atom. The highest BCUT2D eigenvalue weighted by Crippen LogP contribution is 2.39. The van der Waals surface area contributed by atoms with E-state index in [4.69, 9.17) is 0 Å². The average Bonchev–Trinajstić information content (AvgIpc) is 3.30. The summed E-state index contributed by atoms with van der Waals surface area (Å²) in [5, 5.41) is 25.5. The maximum Gasteiger partial charge on any atom is 0.315 e. The van der Waals surface area contributed by atoms with Crippen LogP contribution in [0.25, 0.3) is 0 Å². The third-order valence-corrected chi connectivity index (χ3v) is 3.78. The van der Waals surface area contributed by atoms with Crippen LogP contribution in [0.4, 0.5) is 10.5 Å². The number of hydrogen-bond acceptors (Lipinski definition) is 4. The number of nitrogens with zero attached hydrogens (tertiary/aromatic N) is 1. The minimum absolute atomic E-state index is 0.00659. The molecule has 1 saturated carbocycles. The largest absolute Gasteiger partial charge is 0.394 e. The smallest absolute Gasteiger partial charge is 0.315 e. The molecule has 0 aliphatic heterocycles. The van der Waals surface area contributed by atoms with E-state index in [1.54, 1.807) is 12.1 Å². The molecule has 1 aliphatic carbocycles. The first-order valence-corrected chi connectivity index (χ1v) is 6.85. The molecular formula is C14H19N3O4. The van der Waals surface area contributed by atoms with Gasteiger partial charge in [-0.3, -0.25) is 10.1 Å². The summed E-state index contributed by atoms with van der Waals surface area (Å²) in [4.78, 5) is 22.1. The number of nitro benzene ring substituents is 1. The molecule has 1 aromatic rings. The van der Waals surface area contributed by atoms with Crippen molar-refractivity contribution < 1.29 is 14.8 Å². The summed E-state index contributed by atoms with van der Waals surface area (Å²) in [6, 6.07) is 5.73. The standard InChI is InChI=1S/C14H19N3O4/c1-14(9-18,11-5-6-11)16-13(19)15-8-10-3-2-4-12(7-10)17(20)21/h2-4,7,11,18H,5-6,8-9H2,1H3,(H2,15,16,19). The average molecular weight is 293 g/mol. The molecule has 1 unspecified atom stereocenters. The summed E-state index contributed by atoms with van der Waals surface area (Å²) in [6.07, 6.45) is 2.00. The fourth-order valence-electron chi connectivity index (χ4n) is 2.26. The maximum absolute atomic E-state index is 11.9. The maximum atomic E-state index is 11.9. The molecule has 2 rings (SSSR count). The molecule has 7 nitrogen and oxygen atoms in total. The van der Waals surface area contributed by atoms with E-state index >= 15 is 0 Å². The number of non-ortho nitro benzene ring substituents is 1. The number of rotatable bonds is 6. The molecule has 0 aromatic heterocycles. The van der Waals surface area contributed by atoms with Crippen molar-refractivity contribution in [2.24, 2.45) is 5.92 Å². The lowest BCUT2D eigenvalue weighted by Gasteiger charge is -2.28. The van der Waals surface area contributed by atoms with E-state index in [1.807, 2.05) is 6.92 Å². The van der Waals surface area contributed by atoms with Gasteiger partial charge in [0.2, 0.25) is 0 Å². The van der Waals surface area contributed by atoms with Crippen LogP contribution in [0.2, 0.25) is 0 Å². The number of hydrogen-bond donors (Lipinski definition) is 3. The molecule has 1 atom stereocenters. The van der Waals surface area contributed by atoms with Crippen LogP contribution >= 0.6 is 0 Å². The van der Waals surface area contributed by atoms with E-state index < -0.39 is 10.5 Å². The number of aliphatic hydroxyl groups excluding tert-OH is 1. The Hall–Kier alpha value is -2.15. The van der Waals surface area contributed by atoms with Gasteiger partial charge in [-0.15, -0.1) is 0 Å². The number of carbonyl (C=O) groups excluding carboxylic acids is 1. The number of carbonyl (C=O) groups is 1. The predicted octanol–water partition coefficient (Wildman–Crippen LogP) is 1.55. The quantitative estimate of drug-likeness (QED) is 0.546. The fraction of sp³-hybridized carbons (Fsp3) is 0.500. The van der Waals surface area contributed by atoms with Gasteiger partial charge in [0.25, 0.3) is 5.69 Å². The van der Waals surface area contributed by atoms with Gasteiger partial charge in [0.05, 0.1) is 17.1 Å². The van der Waals surface area contributed by atoms with E-state index in [0.717, 1.165) is 12.8 Å². The first-order valence-electron chi connectivity index (χ1n) is 6.85. The summed E-state index contributed by atoms with van der Waals surface area (Å²) in [5.41, 5.74) is 0.0385. The lowest BCUT2D eigenvalue weighted by atomic mass is 9.97. The molecule has 2 amide bonds. The zero-order valence-corrected chi connectivity index (χ0v) is 11.8. The summed E-state index contributed by atoms with van der Waals surface area (Å²) in [5.74, 6) is 0.311. The van der Waals surface area contributed by atoms with Crippen molar-refractivity contribution in [3.8, 4) is 0 Å².